The summed E-state index contributed by atoms with van der Waals surface area (Å²) in [6.45, 7) is 7.38. The summed E-state index contributed by atoms with van der Waals surface area (Å²) in [5.74, 6) is -0.287. The van der Waals surface area contributed by atoms with Gasteiger partial charge in [-0.2, -0.15) is 0 Å². The standard InChI is InChI=1S/C11H15BrO2/c1-4-11(7-5-6-9(11)12)14-10(13)8(2)3/h4,6,8H,1,5,7H2,2-3H3. The van der Waals surface area contributed by atoms with Crippen LogP contribution in [-0.4, -0.2) is 11.6 Å². The highest BCUT2D eigenvalue weighted by Crippen LogP contribution is 2.39. The van der Waals surface area contributed by atoms with Crippen molar-refractivity contribution in [3.05, 3.63) is 23.2 Å². The first-order valence-corrected chi connectivity index (χ1v) is 5.54. The summed E-state index contributed by atoms with van der Waals surface area (Å²) in [4.78, 5) is 11.5. The van der Waals surface area contributed by atoms with Gasteiger partial charge < -0.3 is 4.74 Å². The highest BCUT2D eigenvalue weighted by atomic mass is 79.9. The Morgan fingerprint density at radius 2 is 2.43 bits per heavy atom. The molecule has 1 unspecified atom stereocenters. The lowest BCUT2D eigenvalue weighted by Gasteiger charge is -2.27. The topological polar surface area (TPSA) is 26.3 Å². The average molecular weight is 259 g/mol. The Balaban J connectivity index is 2.78. The smallest absolute Gasteiger partial charge is 0.309 e. The van der Waals surface area contributed by atoms with Crippen LogP contribution in [0.25, 0.3) is 0 Å². The predicted octanol–water partition coefficient (Wildman–Crippen LogP) is 3.18. The molecule has 0 radical (unpaired) electrons. The van der Waals surface area contributed by atoms with Gasteiger partial charge in [-0.1, -0.05) is 42.4 Å². The zero-order chi connectivity index (χ0) is 10.8. The summed E-state index contributed by atoms with van der Waals surface area (Å²) >= 11 is 3.41. The maximum atomic E-state index is 11.5. The van der Waals surface area contributed by atoms with Crippen LogP contribution in [0.4, 0.5) is 0 Å². The zero-order valence-corrected chi connectivity index (χ0v) is 10.1. The van der Waals surface area contributed by atoms with Crippen molar-refractivity contribution in [1.82, 2.24) is 0 Å². The molecule has 0 aromatic heterocycles. The first-order valence-electron chi connectivity index (χ1n) is 4.74. The van der Waals surface area contributed by atoms with E-state index in [0.29, 0.717) is 0 Å². The lowest BCUT2D eigenvalue weighted by molar-refractivity contribution is -0.155. The van der Waals surface area contributed by atoms with E-state index in [9.17, 15) is 4.79 Å². The fraction of sp³-hybridized carbons (Fsp3) is 0.545. The summed E-state index contributed by atoms with van der Waals surface area (Å²) in [6.07, 6.45) is 5.42. The molecule has 0 N–H and O–H groups in total. The minimum Gasteiger partial charge on any atom is -0.449 e. The van der Waals surface area contributed by atoms with Gasteiger partial charge in [-0.25, -0.2) is 0 Å². The molecule has 0 fully saturated rings. The second-order valence-corrected chi connectivity index (χ2v) is 4.61. The Labute approximate surface area is 93.1 Å². The number of hydrogen-bond acceptors (Lipinski definition) is 2. The van der Waals surface area contributed by atoms with Crippen molar-refractivity contribution in [2.45, 2.75) is 32.3 Å². The van der Waals surface area contributed by atoms with Gasteiger partial charge in [0, 0.05) is 4.48 Å². The van der Waals surface area contributed by atoms with Gasteiger partial charge in [-0.15, -0.1) is 0 Å². The zero-order valence-electron chi connectivity index (χ0n) is 8.55. The Bertz CT molecular complexity index is 281. The molecule has 0 aromatic rings. The van der Waals surface area contributed by atoms with E-state index < -0.39 is 5.60 Å². The second-order valence-electron chi connectivity index (χ2n) is 3.76. The Morgan fingerprint density at radius 1 is 1.79 bits per heavy atom. The number of allylic oxidation sites excluding steroid dienone is 1. The van der Waals surface area contributed by atoms with Gasteiger partial charge in [0.2, 0.25) is 0 Å². The van der Waals surface area contributed by atoms with Crippen molar-refractivity contribution in [3.63, 3.8) is 0 Å². The molecule has 78 valence electrons. The van der Waals surface area contributed by atoms with E-state index in [0.717, 1.165) is 17.3 Å². The molecule has 14 heavy (non-hydrogen) atoms. The minimum atomic E-state index is -0.610. The number of rotatable bonds is 3. The van der Waals surface area contributed by atoms with E-state index in [1.54, 1.807) is 6.08 Å². The molecule has 0 saturated heterocycles. The van der Waals surface area contributed by atoms with E-state index in [-0.39, 0.29) is 11.9 Å². The number of carbonyl (C=O) groups excluding carboxylic acids is 1. The van der Waals surface area contributed by atoms with E-state index in [4.69, 9.17) is 4.74 Å². The van der Waals surface area contributed by atoms with Gasteiger partial charge in [-0.05, 0) is 18.9 Å². The fourth-order valence-corrected chi connectivity index (χ4v) is 2.01. The van der Waals surface area contributed by atoms with Crippen LogP contribution in [0.5, 0.6) is 0 Å². The highest BCUT2D eigenvalue weighted by Gasteiger charge is 2.37. The Morgan fingerprint density at radius 3 is 2.79 bits per heavy atom. The van der Waals surface area contributed by atoms with E-state index in [1.165, 1.54) is 0 Å². The molecule has 0 amide bonds. The van der Waals surface area contributed by atoms with Gasteiger partial charge >= 0.3 is 5.97 Å². The number of esters is 1. The maximum absolute atomic E-state index is 11.5. The molecule has 0 saturated carbocycles. The van der Waals surface area contributed by atoms with Crippen molar-refractivity contribution in [1.29, 1.82) is 0 Å². The van der Waals surface area contributed by atoms with Crippen molar-refractivity contribution in [2.75, 3.05) is 0 Å². The number of ether oxygens (including phenoxy) is 1. The summed E-state index contributed by atoms with van der Waals surface area (Å²) < 4.78 is 6.36. The monoisotopic (exact) mass is 258 g/mol. The van der Waals surface area contributed by atoms with Crippen molar-refractivity contribution < 1.29 is 9.53 Å². The molecule has 3 heteroatoms. The molecule has 1 atom stereocenters. The molecular weight excluding hydrogens is 244 g/mol. The Hall–Kier alpha value is -0.570. The molecule has 0 bridgehead atoms. The van der Waals surface area contributed by atoms with Crippen molar-refractivity contribution >= 4 is 21.9 Å². The summed E-state index contributed by atoms with van der Waals surface area (Å²) in [7, 11) is 0. The molecule has 0 heterocycles. The third-order valence-corrected chi connectivity index (χ3v) is 3.32. The summed E-state index contributed by atoms with van der Waals surface area (Å²) in [6, 6.07) is 0. The molecule has 0 aromatic carbocycles. The highest BCUT2D eigenvalue weighted by molar-refractivity contribution is 9.11. The number of hydrogen-bond donors (Lipinski definition) is 0. The third kappa shape index (κ3) is 2.08. The quantitative estimate of drug-likeness (QED) is 0.574. The summed E-state index contributed by atoms with van der Waals surface area (Å²) in [5, 5.41) is 0. The van der Waals surface area contributed by atoms with Crippen LogP contribution in [0, 0.1) is 5.92 Å². The van der Waals surface area contributed by atoms with Crippen LogP contribution in [0.15, 0.2) is 23.2 Å². The normalized spacial score (nSPS) is 26.1. The van der Waals surface area contributed by atoms with Gasteiger partial charge in [0.1, 0.15) is 0 Å². The van der Waals surface area contributed by atoms with Crippen molar-refractivity contribution in [3.8, 4) is 0 Å². The largest absolute Gasteiger partial charge is 0.449 e. The fourth-order valence-electron chi connectivity index (χ4n) is 1.34. The lowest BCUT2D eigenvalue weighted by Crippen LogP contribution is -2.32. The first kappa shape index (κ1) is 11.5. The van der Waals surface area contributed by atoms with Gasteiger partial charge in [0.05, 0.1) is 5.92 Å². The second kappa shape index (κ2) is 4.30. The molecular formula is C11H15BrO2. The average Bonchev–Trinajstić information content (AvgIpc) is 2.48. The molecule has 1 rings (SSSR count). The van der Waals surface area contributed by atoms with Crippen LogP contribution in [-0.2, 0) is 9.53 Å². The van der Waals surface area contributed by atoms with E-state index in [2.05, 4.69) is 22.5 Å². The minimum absolute atomic E-state index is 0.104. The van der Waals surface area contributed by atoms with Gasteiger partial charge in [-0.3, -0.25) is 4.79 Å². The van der Waals surface area contributed by atoms with Crippen LogP contribution >= 0.6 is 15.9 Å². The lowest BCUT2D eigenvalue weighted by atomic mass is 10.0. The van der Waals surface area contributed by atoms with Crippen LogP contribution < -0.4 is 0 Å². The number of carbonyl (C=O) groups is 1. The summed E-state index contributed by atoms with van der Waals surface area (Å²) in [5.41, 5.74) is -0.610. The predicted molar refractivity (Wildman–Crippen MR) is 60.1 cm³/mol. The van der Waals surface area contributed by atoms with Crippen LogP contribution in [0.1, 0.15) is 26.7 Å². The van der Waals surface area contributed by atoms with Gasteiger partial charge in [0.25, 0.3) is 0 Å². The Kier molecular flexibility index (Phi) is 3.53. The molecule has 0 spiro atoms. The van der Waals surface area contributed by atoms with Crippen LogP contribution in [0.3, 0.4) is 0 Å². The molecule has 2 nitrogen and oxygen atoms in total. The number of halogens is 1. The molecule has 1 aliphatic rings. The maximum Gasteiger partial charge on any atom is 0.309 e. The van der Waals surface area contributed by atoms with Crippen molar-refractivity contribution in [2.24, 2.45) is 5.92 Å². The van der Waals surface area contributed by atoms with E-state index in [1.807, 2.05) is 19.9 Å². The first-order chi connectivity index (χ1) is 6.52. The van der Waals surface area contributed by atoms with E-state index >= 15 is 0 Å². The third-order valence-electron chi connectivity index (χ3n) is 2.33. The van der Waals surface area contributed by atoms with Crippen LogP contribution in [0.2, 0.25) is 0 Å². The van der Waals surface area contributed by atoms with Gasteiger partial charge in [0.15, 0.2) is 5.60 Å². The molecule has 1 aliphatic carbocycles. The SMILES string of the molecule is C=CC1(OC(=O)C(C)C)CCC=C1Br. The molecule has 0 aliphatic heterocycles.